The first-order valence-electron chi connectivity index (χ1n) is 4.54. The highest BCUT2D eigenvalue weighted by Gasteiger charge is 2.20. The Labute approximate surface area is 77.2 Å². The van der Waals surface area contributed by atoms with E-state index in [1.165, 1.54) is 12.8 Å². The molecule has 0 spiro atoms. The molecule has 0 atom stereocenters. The normalized spacial score (nSPS) is 15.4. The van der Waals surface area contributed by atoms with Crippen molar-refractivity contribution in [1.29, 1.82) is 0 Å². The Morgan fingerprint density at radius 1 is 1.62 bits per heavy atom. The number of hydrogen-bond donors (Lipinski definition) is 1. The zero-order chi connectivity index (χ0) is 9.10. The van der Waals surface area contributed by atoms with Crippen LogP contribution in [0.3, 0.4) is 0 Å². The number of carbonyl (C=O) groups excluding carboxylic acids is 1. The van der Waals surface area contributed by atoms with Gasteiger partial charge in [0.05, 0.1) is 5.56 Å². The van der Waals surface area contributed by atoms with Crippen molar-refractivity contribution in [3.05, 3.63) is 23.9 Å². The SMILES string of the molecule is O=Cc1cccnc1NCC1CC1. The second-order valence-electron chi connectivity index (χ2n) is 3.38. The molecule has 2 rings (SSSR count). The third-order valence-corrected chi connectivity index (χ3v) is 2.22. The summed E-state index contributed by atoms with van der Waals surface area (Å²) in [5, 5.41) is 3.18. The molecule has 0 amide bonds. The predicted octanol–water partition coefficient (Wildman–Crippen LogP) is 1.72. The van der Waals surface area contributed by atoms with Gasteiger partial charge in [0.25, 0.3) is 0 Å². The van der Waals surface area contributed by atoms with Gasteiger partial charge in [-0.25, -0.2) is 4.98 Å². The number of rotatable bonds is 4. The standard InChI is InChI=1S/C10H12N2O/c13-7-9-2-1-5-11-10(9)12-6-8-3-4-8/h1-2,5,7-8H,3-4,6H2,(H,11,12). The van der Waals surface area contributed by atoms with Crippen LogP contribution in [0.4, 0.5) is 5.82 Å². The van der Waals surface area contributed by atoms with Crippen LogP contribution in [0.15, 0.2) is 18.3 Å². The van der Waals surface area contributed by atoms with Crippen molar-refractivity contribution in [3.63, 3.8) is 0 Å². The molecular formula is C10H12N2O. The summed E-state index contributed by atoms with van der Waals surface area (Å²) in [7, 11) is 0. The van der Waals surface area contributed by atoms with Crippen molar-refractivity contribution in [2.24, 2.45) is 5.92 Å². The summed E-state index contributed by atoms with van der Waals surface area (Å²) in [6.45, 7) is 0.942. The molecule has 3 heteroatoms. The van der Waals surface area contributed by atoms with Gasteiger partial charge in [0.2, 0.25) is 0 Å². The molecule has 1 saturated carbocycles. The van der Waals surface area contributed by atoms with Crippen molar-refractivity contribution in [3.8, 4) is 0 Å². The number of anilines is 1. The molecule has 13 heavy (non-hydrogen) atoms. The number of aldehydes is 1. The van der Waals surface area contributed by atoms with Crippen LogP contribution < -0.4 is 5.32 Å². The van der Waals surface area contributed by atoms with E-state index in [-0.39, 0.29) is 0 Å². The molecule has 0 radical (unpaired) electrons. The van der Waals surface area contributed by atoms with E-state index < -0.39 is 0 Å². The second-order valence-corrected chi connectivity index (χ2v) is 3.38. The minimum atomic E-state index is 0.642. The van der Waals surface area contributed by atoms with Crippen LogP contribution in [-0.4, -0.2) is 17.8 Å². The highest BCUT2D eigenvalue weighted by atomic mass is 16.1. The van der Waals surface area contributed by atoms with Crippen LogP contribution in [-0.2, 0) is 0 Å². The van der Waals surface area contributed by atoms with Crippen LogP contribution in [0.1, 0.15) is 23.2 Å². The molecule has 0 aliphatic heterocycles. The summed E-state index contributed by atoms with van der Waals surface area (Å²) >= 11 is 0. The summed E-state index contributed by atoms with van der Waals surface area (Å²) in [4.78, 5) is 14.7. The lowest BCUT2D eigenvalue weighted by molar-refractivity contribution is 0.112. The summed E-state index contributed by atoms with van der Waals surface area (Å²) in [5.41, 5.74) is 0.642. The molecule has 0 unspecified atom stereocenters. The molecule has 1 fully saturated rings. The second kappa shape index (κ2) is 3.56. The van der Waals surface area contributed by atoms with Crippen molar-refractivity contribution in [2.45, 2.75) is 12.8 Å². The number of nitrogens with zero attached hydrogens (tertiary/aromatic N) is 1. The van der Waals surface area contributed by atoms with Crippen LogP contribution in [0.5, 0.6) is 0 Å². The number of carbonyl (C=O) groups is 1. The van der Waals surface area contributed by atoms with E-state index in [9.17, 15) is 4.79 Å². The van der Waals surface area contributed by atoms with Crippen molar-refractivity contribution in [1.82, 2.24) is 4.98 Å². The van der Waals surface area contributed by atoms with E-state index in [4.69, 9.17) is 0 Å². The van der Waals surface area contributed by atoms with Crippen LogP contribution in [0.25, 0.3) is 0 Å². The smallest absolute Gasteiger partial charge is 0.153 e. The summed E-state index contributed by atoms with van der Waals surface area (Å²) in [6.07, 6.45) is 5.14. The third-order valence-electron chi connectivity index (χ3n) is 2.22. The van der Waals surface area contributed by atoms with Crippen molar-refractivity contribution >= 4 is 12.1 Å². The Morgan fingerprint density at radius 3 is 3.15 bits per heavy atom. The topological polar surface area (TPSA) is 42.0 Å². The third kappa shape index (κ3) is 2.05. The number of hydrogen-bond acceptors (Lipinski definition) is 3. The van der Waals surface area contributed by atoms with Gasteiger partial charge in [0.15, 0.2) is 6.29 Å². The molecule has 1 aliphatic carbocycles. The fraction of sp³-hybridized carbons (Fsp3) is 0.400. The Kier molecular flexibility index (Phi) is 2.25. The van der Waals surface area contributed by atoms with E-state index >= 15 is 0 Å². The van der Waals surface area contributed by atoms with Gasteiger partial charge in [-0.05, 0) is 30.9 Å². The number of pyridine rings is 1. The zero-order valence-electron chi connectivity index (χ0n) is 7.36. The highest BCUT2D eigenvalue weighted by Crippen LogP contribution is 2.28. The van der Waals surface area contributed by atoms with E-state index in [1.807, 2.05) is 0 Å². The van der Waals surface area contributed by atoms with Crippen molar-refractivity contribution < 1.29 is 4.79 Å². The Hall–Kier alpha value is -1.38. The van der Waals surface area contributed by atoms with Gasteiger partial charge in [-0.1, -0.05) is 0 Å². The van der Waals surface area contributed by atoms with Gasteiger partial charge in [0, 0.05) is 12.7 Å². The lowest BCUT2D eigenvalue weighted by atomic mass is 10.3. The summed E-state index contributed by atoms with van der Waals surface area (Å²) in [5.74, 6) is 1.51. The first kappa shape index (κ1) is 8.23. The fourth-order valence-electron chi connectivity index (χ4n) is 1.22. The van der Waals surface area contributed by atoms with Gasteiger partial charge < -0.3 is 5.32 Å². The first-order chi connectivity index (χ1) is 6.40. The largest absolute Gasteiger partial charge is 0.369 e. The molecule has 68 valence electrons. The van der Waals surface area contributed by atoms with Gasteiger partial charge in [-0.15, -0.1) is 0 Å². The maximum atomic E-state index is 10.6. The average molecular weight is 176 g/mol. The van der Waals surface area contributed by atoms with E-state index in [2.05, 4.69) is 10.3 Å². The fourth-order valence-corrected chi connectivity index (χ4v) is 1.22. The maximum absolute atomic E-state index is 10.6. The molecule has 0 saturated heterocycles. The first-order valence-corrected chi connectivity index (χ1v) is 4.54. The monoisotopic (exact) mass is 176 g/mol. The van der Waals surface area contributed by atoms with Gasteiger partial charge >= 0.3 is 0 Å². The minimum Gasteiger partial charge on any atom is -0.369 e. The van der Waals surface area contributed by atoms with Crippen LogP contribution in [0, 0.1) is 5.92 Å². The Balaban J connectivity index is 2.03. The quantitative estimate of drug-likeness (QED) is 0.710. The molecule has 1 N–H and O–H groups in total. The van der Waals surface area contributed by atoms with E-state index in [1.54, 1.807) is 18.3 Å². The number of aromatic nitrogens is 1. The minimum absolute atomic E-state index is 0.642. The molecule has 1 aromatic heterocycles. The van der Waals surface area contributed by atoms with Gasteiger partial charge in [-0.2, -0.15) is 0 Å². The maximum Gasteiger partial charge on any atom is 0.153 e. The Morgan fingerprint density at radius 2 is 2.46 bits per heavy atom. The molecule has 0 bridgehead atoms. The predicted molar refractivity (Wildman–Crippen MR) is 50.8 cm³/mol. The molecule has 1 heterocycles. The molecule has 0 aromatic carbocycles. The van der Waals surface area contributed by atoms with Crippen LogP contribution >= 0.6 is 0 Å². The Bertz CT molecular complexity index is 308. The molecular weight excluding hydrogens is 164 g/mol. The summed E-state index contributed by atoms with van der Waals surface area (Å²) < 4.78 is 0. The lowest BCUT2D eigenvalue weighted by Gasteiger charge is -2.05. The van der Waals surface area contributed by atoms with Gasteiger partial charge in [-0.3, -0.25) is 4.79 Å². The lowest BCUT2D eigenvalue weighted by Crippen LogP contribution is -2.06. The highest BCUT2D eigenvalue weighted by molar-refractivity contribution is 5.82. The zero-order valence-corrected chi connectivity index (χ0v) is 7.36. The molecule has 1 aliphatic rings. The summed E-state index contributed by atoms with van der Waals surface area (Å²) in [6, 6.07) is 3.54. The molecule has 3 nitrogen and oxygen atoms in total. The number of nitrogens with one attached hydrogen (secondary N) is 1. The van der Waals surface area contributed by atoms with E-state index in [0.717, 1.165) is 18.7 Å². The molecule has 1 aromatic rings. The van der Waals surface area contributed by atoms with Gasteiger partial charge in [0.1, 0.15) is 5.82 Å². The van der Waals surface area contributed by atoms with E-state index in [0.29, 0.717) is 11.4 Å². The van der Waals surface area contributed by atoms with Crippen LogP contribution in [0.2, 0.25) is 0 Å². The average Bonchev–Trinajstić information content (AvgIpc) is 2.99. The van der Waals surface area contributed by atoms with Crippen molar-refractivity contribution in [2.75, 3.05) is 11.9 Å².